The van der Waals surface area contributed by atoms with Crippen LogP contribution >= 0.6 is 0 Å². The number of nitrogens with zero attached hydrogens (tertiary/aromatic N) is 3. The van der Waals surface area contributed by atoms with Gasteiger partial charge in [0.15, 0.2) is 0 Å². The number of hydrogen-bond acceptors (Lipinski definition) is 3. The summed E-state index contributed by atoms with van der Waals surface area (Å²) in [6.45, 7) is 6.69. The van der Waals surface area contributed by atoms with Crippen molar-refractivity contribution in [2.45, 2.75) is 64.2 Å². The summed E-state index contributed by atoms with van der Waals surface area (Å²) in [5, 5.41) is 3.77. The fourth-order valence-corrected chi connectivity index (χ4v) is 3.34. The topological polar surface area (TPSA) is 33.1 Å². The first-order chi connectivity index (χ1) is 9.33. The van der Waals surface area contributed by atoms with Crippen LogP contribution in [0.15, 0.2) is 12.4 Å². The molecule has 0 bridgehead atoms. The fraction of sp³-hybridized carbons (Fsp3) is 0.800. The van der Waals surface area contributed by atoms with E-state index in [4.69, 9.17) is 0 Å². The Bertz CT molecular complexity index is 395. The van der Waals surface area contributed by atoms with Crippen LogP contribution in [0.4, 0.5) is 0 Å². The second-order valence-electron chi connectivity index (χ2n) is 6.10. The van der Waals surface area contributed by atoms with E-state index in [1.165, 1.54) is 37.9 Å². The largest absolute Gasteiger partial charge is 0.333 e. The highest BCUT2D eigenvalue weighted by Gasteiger charge is 2.22. The van der Waals surface area contributed by atoms with Gasteiger partial charge < -0.3 is 9.88 Å². The Labute approximate surface area is 116 Å². The third kappa shape index (κ3) is 3.18. The first kappa shape index (κ1) is 13.1. The van der Waals surface area contributed by atoms with Gasteiger partial charge in [0, 0.05) is 44.1 Å². The molecule has 0 radical (unpaired) electrons. The highest BCUT2D eigenvalue weighted by Crippen LogP contribution is 2.18. The first-order valence-corrected chi connectivity index (χ1v) is 7.80. The zero-order valence-corrected chi connectivity index (χ0v) is 12.0. The van der Waals surface area contributed by atoms with E-state index in [0.717, 1.165) is 32.2 Å². The monoisotopic (exact) mass is 262 g/mol. The summed E-state index contributed by atoms with van der Waals surface area (Å²) in [4.78, 5) is 6.99. The Balaban J connectivity index is 1.47. The molecule has 1 atom stereocenters. The van der Waals surface area contributed by atoms with Gasteiger partial charge in [0.2, 0.25) is 0 Å². The van der Waals surface area contributed by atoms with Crippen LogP contribution in [-0.2, 0) is 13.1 Å². The van der Waals surface area contributed by atoms with Crippen molar-refractivity contribution in [1.82, 2.24) is 19.8 Å². The van der Waals surface area contributed by atoms with Crippen molar-refractivity contribution >= 4 is 0 Å². The minimum Gasteiger partial charge on any atom is -0.333 e. The lowest BCUT2D eigenvalue weighted by Gasteiger charge is -2.34. The summed E-state index contributed by atoms with van der Waals surface area (Å²) < 4.78 is 2.28. The van der Waals surface area contributed by atoms with Crippen molar-refractivity contribution in [1.29, 1.82) is 0 Å². The van der Waals surface area contributed by atoms with E-state index in [0.29, 0.717) is 6.04 Å². The molecular weight excluding hydrogens is 236 g/mol. The molecule has 0 amide bonds. The summed E-state index contributed by atoms with van der Waals surface area (Å²) >= 11 is 0. The average Bonchev–Trinajstić information content (AvgIpc) is 2.93. The normalized spacial score (nSPS) is 23.2. The lowest BCUT2D eigenvalue weighted by molar-refractivity contribution is 0.155. The molecule has 2 aliphatic rings. The smallest absolute Gasteiger partial charge is 0.122 e. The van der Waals surface area contributed by atoms with E-state index in [1.807, 2.05) is 6.20 Å². The van der Waals surface area contributed by atoms with Crippen LogP contribution in [0.2, 0.25) is 0 Å². The Morgan fingerprint density at radius 1 is 1.32 bits per heavy atom. The molecular formula is C15H26N4. The maximum Gasteiger partial charge on any atom is 0.122 e. The molecule has 1 aliphatic heterocycles. The van der Waals surface area contributed by atoms with Gasteiger partial charge in [-0.3, -0.25) is 4.90 Å². The summed E-state index contributed by atoms with van der Waals surface area (Å²) in [5.74, 6) is 1.22. The number of imidazole rings is 1. The fourth-order valence-electron chi connectivity index (χ4n) is 3.34. The molecule has 1 aromatic heterocycles. The number of aromatic nitrogens is 2. The molecule has 0 saturated heterocycles. The lowest BCUT2D eigenvalue weighted by atomic mass is 9.95. The summed E-state index contributed by atoms with van der Waals surface area (Å²) in [6, 6.07) is 1.37. The average molecular weight is 262 g/mol. The minimum atomic E-state index is 0.604. The van der Waals surface area contributed by atoms with Crippen molar-refractivity contribution in [3.63, 3.8) is 0 Å². The third-order valence-electron chi connectivity index (χ3n) is 4.70. The van der Waals surface area contributed by atoms with Crippen LogP contribution in [0, 0.1) is 0 Å². The van der Waals surface area contributed by atoms with E-state index < -0.39 is 0 Å². The zero-order chi connectivity index (χ0) is 13.1. The quantitative estimate of drug-likeness (QED) is 0.901. The Kier molecular flexibility index (Phi) is 4.18. The number of hydrogen-bond donors (Lipinski definition) is 1. The Morgan fingerprint density at radius 2 is 2.16 bits per heavy atom. The molecule has 3 rings (SSSR count). The molecule has 2 heterocycles. The second kappa shape index (κ2) is 6.06. The summed E-state index contributed by atoms with van der Waals surface area (Å²) in [6.07, 6.45) is 11.0. The van der Waals surface area contributed by atoms with Crippen LogP contribution in [0.3, 0.4) is 0 Å². The summed E-state index contributed by atoms with van der Waals surface area (Å²) in [7, 11) is 0. The Hall–Kier alpha value is -0.870. The molecule has 1 saturated carbocycles. The maximum atomic E-state index is 4.44. The highest BCUT2D eigenvalue weighted by atomic mass is 15.3. The molecule has 0 spiro atoms. The molecule has 1 fully saturated rings. The minimum absolute atomic E-state index is 0.604. The molecule has 1 aromatic rings. The summed E-state index contributed by atoms with van der Waals surface area (Å²) in [5.41, 5.74) is 0. The van der Waals surface area contributed by atoms with Gasteiger partial charge in [0.25, 0.3) is 0 Å². The predicted molar refractivity (Wildman–Crippen MR) is 77.0 cm³/mol. The van der Waals surface area contributed by atoms with Crippen LogP contribution in [0.25, 0.3) is 0 Å². The van der Waals surface area contributed by atoms with Gasteiger partial charge in [-0.05, 0) is 19.8 Å². The lowest BCUT2D eigenvalue weighted by Crippen LogP contribution is -2.46. The SMILES string of the molecule is CC(CNC1CCCCC1)N1CCn2ccnc2C1. The van der Waals surface area contributed by atoms with Gasteiger partial charge in [-0.25, -0.2) is 4.98 Å². The van der Waals surface area contributed by atoms with Crippen molar-refractivity contribution in [3.05, 3.63) is 18.2 Å². The van der Waals surface area contributed by atoms with E-state index in [-0.39, 0.29) is 0 Å². The second-order valence-corrected chi connectivity index (χ2v) is 6.10. The van der Waals surface area contributed by atoms with Crippen LogP contribution < -0.4 is 5.32 Å². The van der Waals surface area contributed by atoms with Gasteiger partial charge in [-0.1, -0.05) is 19.3 Å². The molecule has 4 nitrogen and oxygen atoms in total. The third-order valence-corrected chi connectivity index (χ3v) is 4.70. The molecule has 1 unspecified atom stereocenters. The highest BCUT2D eigenvalue weighted by molar-refractivity contribution is 4.96. The number of rotatable bonds is 4. The molecule has 1 aliphatic carbocycles. The van der Waals surface area contributed by atoms with Crippen molar-refractivity contribution in [3.8, 4) is 0 Å². The molecule has 0 aromatic carbocycles. The van der Waals surface area contributed by atoms with E-state index in [1.54, 1.807) is 0 Å². The predicted octanol–water partition coefficient (Wildman–Crippen LogP) is 2.01. The number of fused-ring (bicyclic) bond motifs is 1. The molecule has 1 N–H and O–H groups in total. The van der Waals surface area contributed by atoms with Crippen molar-refractivity contribution in [2.24, 2.45) is 0 Å². The molecule has 19 heavy (non-hydrogen) atoms. The van der Waals surface area contributed by atoms with Crippen LogP contribution in [0.5, 0.6) is 0 Å². The zero-order valence-electron chi connectivity index (χ0n) is 12.0. The van der Waals surface area contributed by atoms with Gasteiger partial charge in [0.1, 0.15) is 5.82 Å². The van der Waals surface area contributed by atoms with E-state index in [2.05, 4.69) is 32.9 Å². The van der Waals surface area contributed by atoms with Gasteiger partial charge in [0.05, 0.1) is 6.54 Å². The van der Waals surface area contributed by atoms with Crippen molar-refractivity contribution in [2.75, 3.05) is 13.1 Å². The maximum absolute atomic E-state index is 4.44. The standard InChI is InChI=1S/C15H26N4/c1-13(11-17-14-5-3-2-4-6-14)19-10-9-18-8-7-16-15(18)12-19/h7-8,13-14,17H,2-6,9-12H2,1H3. The van der Waals surface area contributed by atoms with Crippen LogP contribution in [0.1, 0.15) is 44.9 Å². The van der Waals surface area contributed by atoms with Crippen LogP contribution in [-0.4, -0.2) is 39.6 Å². The van der Waals surface area contributed by atoms with Gasteiger partial charge >= 0.3 is 0 Å². The van der Waals surface area contributed by atoms with E-state index in [9.17, 15) is 0 Å². The molecule has 106 valence electrons. The first-order valence-electron chi connectivity index (χ1n) is 7.80. The van der Waals surface area contributed by atoms with Gasteiger partial charge in [-0.15, -0.1) is 0 Å². The number of nitrogens with one attached hydrogen (secondary N) is 1. The Morgan fingerprint density at radius 3 is 3.00 bits per heavy atom. The van der Waals surface area contributed by atoms with Gasteiger partial charge in [-0.2, -0.15) is 0 Å². The van der Waals surface area contributed by atoms with E-state index >= 15 is 0 Å². The van der Waals surface area contributed by atoms with Crippen molar-refractivity contribution < 1.29 is 0 Å². The molecule has 4 heteroatoms.